The maximum atomic E-state index is 13.5. The van der Waals surface area contributed by atoms with Crippen molar-refractivity contribution in [2.75, 3.05) is 18.0 Å². The van der Waals surface area contributed by atoms with Gasteiger partial charge in [0, 0.05) is 13.1 Å². The quantitative estimate of drug-likeness (QED) is 0.630. The fourth-order valence-corrected chi connectivity index (χ4v) is 1.60. The van der Waals surface area contributed by atoms with E-state index in [9.17, 15) is 23.7 Å². The highest BCUT2D eigenvalue weighted by Gasteiger charge is 2.28. The Morgan fingerprint density at radius 3 is 2.35 bits per heavy atom. The number of non-ortho nitro benzene ring substituents is 1. The Labute approximate surface area is 94.0 Å². The Hall–Kier alpha value is -2.25. The van der Waals surface area contributed by atoms with Crippen LogP contribution in [0.25, 0.3) is 0 Å². The summed E-state index contributed by atoms with van der Waals surface area (Å²) in [5.74, 6) is -2.26. The molecule has 0 unspecified atom stereocenters. The van der Waals surface area contributed by atoms with Gasteiger partial charge in [-0.15, -0.1) is 0 Å². The van der Waals surface area contributed by atoms with Gasteiger partial charge in [0.05, 0.1) is 17.1 Å². The normalized spacial score (nSPS) is 14.9. The molecule has 1 aliphatic heterocycles. The van der Waals surface area contributed by atoms with Gasteiger partial charge in [-0.3, -0.25) is 15.0 Å². The number of nitro benzene ring substituents is 1. The minimum Gasteiger partial charge on any atom is -0.336 e. The Morgan fingerprint density at radius 1 is 1.35 bits per heavy atom. The third-order valence-corrected chi connectivity index (χ3v) is 2.34. The monoisotopic (exact) mass is 243 g/mol. The van der Waals surface area contributed by atoms with Gasteiger partial charge in [0.25, 0.3) is 5.69 Å². The van der Waals surface area contributed by atoms with Crippen molar-refractivity contribution < 1.29 is 18.5 Å². The molecule has 1 fully saturated rings. The molecular weight excluding hydrogens is 236 g/mol. The number of halogens is 2. The lowest BCUT2D eigenvalue weighted by atomic mass is 10.2. The van der Waals surface area contributed by atoms with E-state index in [1.165, 1.54) is 0 Å². The van der Waals surface area contributed by atoms with Gasteiger partial charge >= 0.3 is 6.03 Å². The number of anilines is 1. The Bertz CT molecular complexity index is 483. The number of carbonyl (C=O) groups is 1. The lowest BCUT2D eigenvalue weighted by molar-refractivity contribution is -0.385. The molecule has 1 saturated heterocycles. The number of nitrogens with zero attached hydrogens (tertiary/aromatic N) is 2. The lowest BCUT2D eigenvalue weighted by Crippen LogP contribution is -2.29. The Morgan fingerprint density at radius 2 is 1.94 bits per heavy atom. The summed E-state index contributed by atoms with van der Waals surface area (Å²) in [6, 6.07) is 0.547. The number of nitro groups is 1. The first-order chi connectivity index (χ1) is 8.00. The van der Waals surface area contributed by atoms with Gasteiger partial charge in [-0.05, 0) is 0 Å². The first-order valence-electron chi connectivity index (χ1n) is 4.69. The molecule has 0 atom stereocenters. The number of benzene rings is 1. The molecule has 0 radical (unpaired) electrons. The zero-order valence-corrected chi connectivity index (χ0v) is 8.44. The fraction of sp³-hybridized carbons (Fsp3) is 0.222. The van der Waals surface area contributed by atoms with Crippen LogP contribution in [-0.4, -0.2) is 24.0 Å². The van der Waals surface area contributed by atoms with E-state index in [0.29, 0.717) is 12.1 Å². The van der Waals surface area contributed by atoms with Crippen molar-refractivity contribution in [3.63, 3.8) is 0 Å². The molecule has 2 amide bonds. The van der Waals surface area contributed by atoms with Crippen LogP contribution in [0.5, 0.6) is 0 Å². The summed E-state index contributed by atoms with van der Waals surface area (Å²) >= 11 is 0. The van der Waals surface area contributed by atoms with Gasteiger partial charge in [-0.1, -0.05) is 0 Å². The largest absolute Gasteiger partial charge is 0.336 e. The summed E-state index contributed by atoms with van der Waals surface area (Å²) in [6.07, 6.45) is 0. The number of urea groups is 1. The Balaban J connectivity index is 2.48. The van der Waals surface area contributed by atoms with Gasteiger partial charge in [-0.2, -0.15) is 0 Å². The summed E-state index contributed by atoms with van der Waals surface area (Å²) in [4.78, 5) is 21.6. The zero-order chi connectivity index (χ0) is 12.6. The van der Waals surface area contributed by atoms with Crippen LogP contribution in [-0.2, 0) is 0 Å². The molecular formula is C9H7F2N3O3. The van der Waals surface area contributed by atoms with Crippen LogP contribution >= 0.6 is 0 Å². The first-order valence-corrected chi connectivity index (χ1v) is 4.69. The fourth-order valence-electron chi connectivity index (χ4n) is 1.60. The molecule has 0 bridgehead atoms. The second-order valence-electron chi connectivity index (χ2n) is 3.40. The van der Waals surface area contributed by atoms with E-state index in [1.54, 1.807) is 0 Å². The SMILES string of the molecule is O=C1NCCN1c1c(F)cc([N+](=O)[O-])cc1F. The molecule has 17 heavy (non-hydrogen) atoms. The van der Waals surface area contributed by atoms with Crippen molar-refractivity contribution in [1.82, 2.24) is 5.32 Å². The molecule has 90 valence electrons. The molecule has 0 aliphatic carbocycles. The lowest BCUT2D eigenvalue weighted by Gasteiger charge is -2.15. The Kier molecular flexibility index (Phi) is 2.62. The summed E-state index contributed by atoms with van der Waals surface area (Å²) < 4.78 is 27.1. The average molecular weight is 243 g/mol. The molecule has 8 heteroatoms. The van der Waals surface area contributed by atoms with Crippen molar-refractivity contribution in [2.24, 2.45) is 0 Å². The number of carbonyl (C=O) groups excluding carboxylic acids is 1. The van der Waals surface area contributed by atoms with E-state index < -0.39 is 34.0 Å². The highest BCUT2D eigenvalue weighted by atomic mass is 19.1. The predicted molar refractivity (Wildman–Crippen MR) is 53.8 cm³/mol. The molecule has 0 spiro atoms. The number of rotatable bonds is 2. The average Bonchev–Trinajstić information content (AvgIpc) is 2.64. The van der Waals surface area contributed by atoms with Gasteiger partial charge in [0.2, 0.25) is 0 Å². The van der Waals surface area contributed by atoms with Crippen LogP contribution in [0.3, 0.4) is 0 Å². The van der Waals surface area contributed by atoms with E-state index in [-0.39, 0.29) is 13.1 Å². The summed E-state index contributed by atoms with van der Waals surface area (Å²) in [5.41, 5.74) is -1.26. The number of amides is 2. The van der Waals surface area contributed by atoms with Crippen LogP contribution in [0.2, 0.25) is 0 Å². The maximum absolute atomic E-state index is 13.5. The zero-order valence-electron chi connectivity index (χ0n) is 8.44. The molecule has 1 N–H and O–H groups in total. The number of nitrogens with one attached hydrogen (secondary N) is 1. The second-order valence-corrected chi connectivity index (χ2v) is 3.40. The molecule has 6 nitrogen and oxygen atoms in total. The topological polar surface area (TPSA) is 75.5 Å². The van der Waals surface area contributed by atoms with Crippen LogP contribution in [0.4, 0.5) is 25.0 Å². The van der Waals surface area contributed by atoms with Crippen molar-refractivity contribution in [3.05, 3.63) is 33.9 Å². The molecule has 2 rings (SSSR count). The molecule has 0 saturated carbocycles. The van der Waals surface area contributed by atoms with Crippen molar-refractivity contribution in [1.29, 1.82) is 0 Å². The van der Waals surface area contributed by atoms with Gasteiger partial charge in [0.1, 0.15) is 5.69 Å². The summed E-state index contributed by atoms with van der Waals surface area (Å²) in [7, 11) is 0. The third-order valence-electron chi connectivity index (χ3n) is 2.34. The highest BCUT2D eigenvalue weighted by molar-refractivity contribution is 5.94. The van der Waals surface area contributed by atoms with Gasteiger partial charge in [-0.25, -0.2) is 13.6 Å². The van der Waals surface area contributed by atoms with E-state index in [4.69, 9.17) is 0 Å². The highest BCUT2D eigenvalue weighted by Crippen LogP contribution is 2.28. The van der Waals surface area contributed by atoms with Crippen LogP contribution in [0.15, 0.2) is 12.1 Å². The molecule has 1 aliphatic rings. The van der Waals surface area contributed by atoms with E-state index in [1.807, 2.05) is 0 Å². The molecule has 1 heterocycles. The third kappa shape index (κ3) is 1.88. The predicted octanol–water partition coefficient (Wildman–Crippen LogP) is 1.40. The maximum Gasteiger partial charge on any atom is 0.322 e. The molecule has 0 aromatic heterocycles. The number of hydrogen-bond donors (Lipinski definition) is 1. The van der Waals surface area contributed by atoms with Crippen LogP contribution < -0.4 is 10.2 Å². The first kappa shape index (κ1) is 11.2. The summed E-state index contributed by atoms with van der Waals surface area (Å²) in [5, 5.41) is 12.8. The minimum atomic E-state index is -1.13. The smallest absolute Gasteiger partial charge is 0.322 e. The van der Waals surface area contributed by atoms with Gasteiger partial charge in [0.15, 0.2) is 11.6 Å². The van der Waals surface area contributed by atoms with E-state index >= 15 is 0 Å². The van der Waals surface area contributed by atoms with Crippen molar-refractivity contribution in [3.8, 4) is 0 Å². The number of hydrogen-bond acceptors (Lipinski definition) is 3. The van der Waals surface area contributed by atoms with Crippen molar-refractivity contribution >= 4 is 17.4 Å². The van der Waals surface area contributed by atoms with Crippen molar-refractivity contribution in [2.45, 2.75) is 0 Å². The second kappa shape index (κ2) is 3.96. The van der Waals surface area contributed by atoms with E-state index in [2.05, 4.69) is 5.32 Å². The van der Waals surface area contributed by atoms with Gasteiger partial charge < -0.3 is 5.32 Å². The minimum absolute atomic E-state index is 0.116. The van der Waals surface area contributed by atoms with Crippen LogP contribution in [0.1, 0.15) is 0 Å². The van der Waals surface area contributed by atoms with E-state index in [0.717, 1.165) is 4.90 Å². The standard InChI is InChI=1S/C9H7F2N3O3/c10-6-3-5(14(16)17)4-7(11)8(6)13-2-1-12-9(13)15/h3-4H,1-2H2,(H,12,15). The molecule has 1 aromatic rings. The summed E-state index contributed by atoms with van der Waals surface area (Å²) in [6.45, 7) is 0.388. The van der Waals surface area contributed by atoms with Crippen LogP contribution in [0, 0.1) is 21.7 Å². The molecule has 1 aromatic carbocycles.